The molecule has 10 heteroatoms. The molecule has 4 aromatic rings. The highest BCUT2D eigenvalue weighted by Crippen LogP contribution is 2.24. The minimum Gasteiger partial charge on any atom is -0.379 e. The number of hydrogen-bond acceptors (Lipinski definition) is 7. The molecule has 0 spiro atoms. The number of rotatable bonds is 5. The van der Waals surface area contributed by atoms with Gasteiger partial charge in [-0.2, -0.15) is 9.61 Å². The van der Waals surface area contributed by atoms with Crippen molar-refractivity contribution in [1.82, 2.24) is 34.3 Å². The highest BCUT2D eigenvalue weighted by molar-refractivity contribution is 5.80. The summed E-state index contributed by atoms with van der Waals surface area (Å²) in [6.45, 7) is 4.81. The van der Waals surface area contributed by atoms with Gasteiger partial charge in [0.2, 0.25) is 0 Å². The van der Waals surface area contributed by atoms with Gasteiger partial charge in [-0.1, -0.05) is 12.1 Å². The Bertz CT molecular complexity index is 1250. The molecule has 0 bridgehead atoms. The van der Waals surface area contributed by atoms with Crippen LogP contribution in [0.3, 0.4) is 0 Å². The first-order valence-corrected chi connectivity index (χ1v) is 9.86. The molecule has 0 saturated carbocycles. The second kappa shape index (κ2) is 7.88. The van der Waals surface area contributed by atoms with Gasteiger partial charge in [0.25, 0.3) is 5.56 Å². The van der Waals surface area contributed by atoms with Crippen molar-refractivity contribution in [2.75, 3.05) is 32.8 Å². The predicted octanol–water partition coefficient (Wildman–Crippen LogP) is 1.36. The Balaban J connectivity index is 1.43. The molecule has 1 fully saturated rings. The molecule has 0 unspecified atom stereocenters. The number of aryl methyl sites for hydroxylation is 1. The summed E-state index contributed by atoms with van der Waals surface area (Å²) in [5, 5.41) is 12.7. The number of halogens is 1. The number of nitrogens with zero attached hydrogens (tertiary/aromatic N) is 7. The van der Waals surface area contributed by atoms with Crippen LogP contribution in [-0.4, -0.2) is 67.1 Å². The van der Waals surface area contributed by atoms with Crippen LogP contribution in [0.1, 0.15) is 6.42 Å². The largest absolute Gasteiger partial charge is 0.379 e. The van der Waals surface area contributed by atoms with Crippen molar-refractivity contribution in [3.05, 3.63) is 53.0 Å². The molecule has 1 saturated heterocycles. The van der Waals surface area contributed by atoms with Crippen LogP contribution in [0.4, 0.5) is 4.39 Å². The van der Waals surface area contributed by atoms with Crippen LogP contribution in [0.25, 0.3) is 27.9 Å². The van der Waals surface area contributed by atoms with Crippen LogP contribution in [0.2, 0.25) is 0 Å². The fourth-order valence-corrected chi connectivity index (χ4v) is 3.68. The molecular weight excluding hydrogens is 389 g/mol. The number of aromatic nitrogens is 6. The maximum atomic E-state index is 13.2. The molecule has 1 aliphatic rings. The van der Waals surface area contributed by atoms with E-state index in [1.807, 2.05) is 0 Å². The standard InChI is InChI=1S/C20H20FN7O2/c21-15-4-2-14(3-5-15)16-12-23-28-18(16)25-24-17-19(28)22-13-27(20(17)29)7-1-6-26-8-10-30-11-9-26/h2-5,12-13H,1,6-11H2. The van der Waals surface area contributed by atoms with Crippen molar-refractivity contribution in [1.29, 1.82) is 0 Å². The lowest BCUT2D eigenvalue weighted by Crippen LogP contribution is -2.37. The lowest BCUT2D eigenvalue weighted by Gasteiger charge is -2.26. The van der Waals surface area contributed by atoms with Gasteiger partial charge in [-0.05, 0) is 24.1 Å². The van der Waals surface area contributed by atoms with Crippen LogP contribution in [0, 0.1) is 5.82 Å². The van der Waals surface area contributed by atoms with Gasteiger partial charge in [0.15, 0.2) is 16.8 Å². The van der Waals surface area contributed by atoms with E-state index in [0.29, 0.717) is 23.4 Å². The van der Waals surface area contributed by atoms with E-state index in [-0.39, 0.29) is 16.9 Å². The molecule has 0 atom stereocenters. The molecule has 0 amide bonds. The topological polar surface area (TPSA) is 90.4 Å². The third-order valence-corrected chi connectivity index (χ3v) is 5.32. The van der Waals surface area contributed by atoms with Crippen LogP contribution in [-0.2, 0) is 11.3 Å². The Morgan fingerprint density at radius 2 is 1.83 bits per heavy atom. The monoisotopic (exact) mass is 409 g/mol. The molecular formula is C20H20FN7O2. The lowest BCUT2D eigenvalue weighted by molar-refractivity contribution is 0.0369. The second-order valence-corrected chi connectivity index (χ2v) is 7.22. The third kappa shape index (κ3) is 3.44. The summed E-state index contributed by atoms with van der Waals surface area (Å²) < 4.78 is 21.6. The van der Waals surface area contributed by atoms with E-state index in [1.165, 1.54) is 23.0 Å². The Hall–Kier alpha value is -3.24. The molecule has 4 heterocycles. The SMILES string of the molecule is O=c1c2nnc3c(-c4ccc(F)cc4)cnn3c2ncn1CCCN1CCOCC1. The van der Waals surface area contributed by atoms with E-state index in [4.69, 9.17) is 4.74 Å². The molecule has 1 aromatic carbocycles. The molecule has 154 valence electrons. The van der Waals surface area contributed by atoms with E-state index in [0.717, 1.165) is 44.8 Å². The van der Waals surface area contributed by atoms with Crippen LogP contribution in [0.5, 0.6) is 0 Å². The van der Waals surface area contributed by atoms with E-state index < -0.39 is 0 Å². The molecule has 1 aliphatic heterocycles. The van der Waals surface area contributed by atoms with Crippen molar-refractivity contribution < 1.29 is 9.13 Å². The zero-order chi connectivity index (χ0) is 20.5. The van der Waals surface area contributed by atoms with Crippen LogP contribution in [0.15, 0.2) is 41.6 Å². The van der Waals surface area contributed by atoms with Crippen molar-refractivity contribution in [3.8, 4) is 11.1 Å². The maximum Gasteiger partial charge on any atom is 0.283 e. The molecule has 9 nitrogen and oxygen atoms in total. The van der Waals surface area contributed by atoms with Gasteiger partial charge >= 0.3 is 0 Å². The van der Waals surface area contributed by atoms with Gasteiger partial charge in [0.1, 0.15) is 12.1 Å². The Morgan fingerprint density at radius 3 is 2.63 bits per heavy atom. The second-order valence-electron chi connectivity index (χ2n) is 7.22. The average molecular weight is 409 g/mol. The number of ether oxygens (including phenoxy) is 1. The quantitative estimate of drug-likeness (QED) is 0.492. The van der Waals surface area contributed by atoms with Crippen molar-refractivity contribution >= 4 is 16.8 Å². The van der Waals surface area contributed by atoms with Gasteiger partial charge in [0, 0.05) is 31.7 Å². The molecule has 0 N–H and O–H groups in total. The van der Waals surface area contributed by atoms with E-state index in [1.54, 1.807) is 22.9 Å². The maximum absolute atomic E-state index is 13.2. The fourth-order valence-electron chi connectivity index (χ4n) is 3.68. The number of fused-ring (bicyclic) bond motifs is 3. The van der Waals surface area contributed by atoms with Crippen molar-refractivity contribution in [2.24, 2.45) is 0 Å². The minimum absolute atomic E-state index is 0.171. The first kappa shape index (κ1) is 18.8. The summed E-state index contributed by atoms with van der Waals surface area (Å²) in [7, 11) is 0. The Morgan fingerprint density at radius 1 is 1.03 bits per heavy atom. The fraction of sp³-hybridized carbons (Fsp3) is 0.350. The summed E-state index contributed by atoms with van der Waals surface area (Å²) in [4.78, 5) is 19.6. The minimum atomic E-state index is -0.317. The van der Waals surface area contributed by atoms with Gasteiger partial charge in [-0.15, -0.1) is 10.2 Å². The Kier molecular flexibility index (Phi) is 4.93. The van der Waals surface area contributed by atoms with Crippen LogP contribution >= 0.6 is 0 Å². The molecule has 30 heavy (non-hydrogen) atoms. The zero-order valence-corrected chi connectivity index (χ0v) is 16.2. The third-order valence-electron chi connectivity index (χ3n) is 5.32. The van der Waals surface area contributed by atoms with Gasteiger partial charge < -0.3 is 4.74 Å². The van der Waals surface area contributed by atoms with Gasteiger partial charge in [-0.3, -0.25) is 14.3 Å². The van der Waals surface area contributed by atoms with Crippen molar-refractivity contribution in [3.63, 3.8) is 0 Å². The van der Waals surface area contributed by atoms with E-state index in [2.05, 4.69) is 25.2 Å². The predicted molar refractivity (Wildman–Crippen MR) is 108 cm³/mol. The highest BCUT2D eigenvalue weighted by atomic mass is 19.1. The molecule has 0 radical (unpaired) electrons. The first-order chi connectivity index (χ1) is 14.7. The molecule has 5 rings (SSSR count). The smallest absolute Gasteiger partial charge is 0.283 e. The Labute approximate surface area is 170 Å². The van der Waals surface area contributed by atoms with Gasteiger partial charge in [0.05, 0.1) is 19.4 Å². The van der Waals surface area contributed by atoms with Crippen LogP contribution < -0.4 is 5.56 Å². The summed E-state index contributed by atoms with van der Waals surface area (Å²) >= 11 is 0. The lowest BCUT2D eigenvalue weighted by atomic mass is 10.1. The highest BCUT2D eigenvalue weighted by Gasteiger charge is 2.16. The molecule has 3 aromatic heterocycles. The number of benzene rings is 1. The van der Waals surface area contributed by atoms with E-state index >= 15 is 0 Å². The molecule has 0 aliphatic carbocycles. The average Bonchev–Trinajstić information content (AvgIpc) is 3.21. The van der Waals surface area contributed by atoms with Crippen molar-refractivity contribution in [2.45, 2.75) is 13.0 Å². The number of hydrogen-bond donors (Lipinski definition) is 0. The summed E-state index contributed by atoms with van der Waals surface area (Å²) in [6, 6.07) is 6.05. The van der Waals surface area contributed by atoms with E-state index in [9.17, 15) is 9.18 Å². The zero-order valence-electron chi connectivity index (χ0n) is 16.2. The first-order valence-electron chi connectivity index (χ1n) is 9.86. The summed E-state index contributed by atoms with van der Waals surface area (Å²) in [5.41, 5.74) is 2.20. The van der Waals surface area contributed by atoms with Gasteiger partial charge in [-0.25, -0.2) is 9.37 Å². The summed E-state index contributed by atoms with van der Waals surface area (Å²) in [5.74, 6) is -0.317. The summed E-state index contributed by atoms with van der Waals surface area (Å²) in [6.07, 6.45) is 3.98. The normalized spacial score (nSPS) is 15.2. The number of morpholine rings is 1.